The van der Waals surface area contributed by atoms with Gasteiger partial charge in [-0.3, -0.25) is 9.69 Å². The fourth-order valence-corrected chi connectivity index (χ4v) is 3.51. The summed E-state index contributed by atoms with van der Waals surface area (Å²) in [4.78, 5) is 25.1. The lowest BCUT2D eigenvalue weighted by Gasteiger charge is -2.36. The minimum Gasteiger partial charge on any atom is -0.337 e. The molecule has 27 heavy (non-hydrogen) atoms. The van der Waals surface area contributed by atoms with Gasteiger partial charge in [0.1, 0.15) is 10.9 Å². The number of carbonyl (C=O) groups is 1. The second-order valence-electron chi connectivity index (χ2n) is 6.71. The Hall–Kier alpha value is -2.52. The van der Waals surface area contributed by atoms with Gasteiger partial charge in [-0.2, -0.15) is 5.10 Å². The Bertz CT molecular complexity index is 970. The molecule has 0 radical (unpaired) electrons. The van der Waals surface area contributed by atoms with Crippen LogP contribution in [0.1, 0.15) is 13.8 Å². The van der Waals surface area contributed by atoms with Crippen molar-refractivity contribution in [1.29, 1.82) is 0 Å². The van der Waals surface area contributed by atoms with E-state index in [9.17, 15) is 4.79 Å². The molecule has 1 N–H and O–H groups in total. The summed E-state index contributed by atoms with van der Waals surface area (Å²) in [7, 11) is 0. The van der Waals surface area contributed by atoms with Crippen molar-refractivity contribution in [3.05, 3.63) is 41.4 Å². The Balaban J connectivity index is 1.50. The van der Waals surface area contributed by atoms with Crippen LogP contribution in [0.2, 0.25) is 0 Å². The smallest absolute Gasteiger partial charge is 0.241 e. The second kappa shape index (κ2) is 7.24. The van der Waals surface area contributed by atoms with E-state index in [1.807, 2.05) is 29.2 Å². The molecule has 0 bridgehead atoms. The Kier molecular flexibility index (Phi) is 4.79. The van der Waals surface area contributed by atoms with E-state index in [2.05, 4.69) is 55.1 Å². The van der Waals surface area contributed by atoms with Crippen molar-refractivity contribution in [3.8, 4) is 0 Å². The summed E-state index contributed by atoms with van der Waals surface area (Å²) in [6.45, 7) is 6.29. The van der Waals surface area contributed by atoms with E-state index >= 15 is 0 Å². The van der Waals surface area contributed by atoms with Crippen LogP contribution in [0.4, 0.5) is 17.2 Å². The quantitative estimate of drug-likeness (QED) is 0.686. The van der Waals surface area contributed by atoms with Gasteiger partial charge in [0.2, 0.25) is 5.91 Å². The van der Waals surface area contributed by atoms with Gasteiger partial charge in [-0.15, -0.1) is 0 Å². The van der Waals surface area contributed by atoms with E-state index < -0.39 is 0 Å². The monoisotopic (exact) mass is 429 g/mol. The van der Waals surface area contributed by atoms with Crippen molar-refractivity contribution in [2.24, 2.45) is 0 Å². The van der Waals surface area contributed by atoms with Crippen LogP contribution in [0.25, 0.3) is 5.65 Å². The molecule has 1 fully saturated rings. The van der Waals surface area contributed by atoms with Gasteiger partial charge in [-0.25, -0.2) is 14.5 Å². The number of aromatic nitrogens is 4. The average Bonchev–Trinajstić information content (AvgIpc) is 3.16. The predicted molar refractivity (Wildman–Crippen MR) is 107 cm³/mol. The molecule has 4 rings (SSSR count). The normalized spacial score (nSPS) is 15.7. The van der Waals surface area contributed by atoms with E-state index in [4.69, 9.17) is 0 Å². The summed E-state index contributed by atoms with van der Waals surface area (Å²) in [5.74, 6) is 0.750. The van der Waals surface area contributed by atoms with Crippen LogP contribution in [-0.4, -0.2) is 56.1 Å². The maximum atomic E-state index is 12.5. The van der Waals surface area contributed by atoms with Crippen molar-refractivity contribution in [2.75, 3.05) is 29.9 Å². The standard InChI is InChI=1S/C18H20BrN7O/c1-12(2)24-7-8-25(16(27)10-24)14-5-3-13(4-6-14)23-17-18-21-11-22-26(18)15(19)9-20-17/h3-6,9,11-12H,7-8,10H2,1-2H3,(H,20,23). The first kappa shape index (κ1) is 17.9. The third-order valence-corrected chi connectivity index (χ3v) is 5.22. The number of hydrogen-bond acceptors (Lipinski definition) is 6. The van der Waals surface area contributed by atoms with Crippen LogP contribution in [0.3, 0.4) is 0 Å². The molecule has 1 aliphatic heterocycles. The van der Waals surface area contributed by atoms with Gasteiger partial charge in [0.05, 0.1) is 12.7 Å². The first-order valence-corrected chi connectivity index (χ1v) is 9.58. The molecule has 9 heteroatoms. The van der Waals surface area contributed by atoms with Crippen LogP contribution in [0.15, 0.2) is 41.4 Å². The van der Waals surface area contributed by atoms with Gasteiger partial charge >= 0.3 is 0 Å². The molecule has 8 nitrogen and oxygen atoms in total. The number of benzene rings is 1. The summed E-state index contributed by atoms with van der Waals surface area (Å²) in [6, 6.07) is 8.16. The predicted octanol–water partition coefficient (Wildman–Crippen LogP) is 2.69. The van der Waals surface area contributed by atoms with Gasteiger partial charge in [-0.05, 0) is 54.0 Å². The van der Waals surface area contributed by atoms with Gasteiger partial charge in [0.15, 0.2) is 11.5 Å². The van der Waals surface area contributed by atoms with E-state index in [1.54, 1.807) is 10.7 Å². The highest BCUT2D eigenvalue weighted by molar-refractivity contribution is 9.10. The molecular formula is C18H20BrN7O. The summed E-state index contributed by atoms with van der Waals surface area (Å²) in [5.41, 5.74) is 2.41. The number of nitrogens with one attached hydrogen (secondary N) is 1. The largest absolute Gasteiger partial charge is 0.337 e. The number of carbonyl (C=O) groups excluding carboxylic acids is 1. The van der Waals surface area contributed by atoms with Crippen molar-refractivity contribution >= 4 is 44.7 Å². The molecule has 1 aliphatic rings. The van der Waals surface area contributed by atoms with Crippen molar-refractivity contribution in [1.82, 2.24) is 24.5 Å². The highest BCUT2D eigenvalue weighted by atomic mass is 79.9. The number of rotatable bonds is 4. The number of hydrogen-bond donors (Lipinski definition) is 1. The Morgan fingerprint density at radius 3 is 2.63 bits per heavy atom. The van der Waals surface area contributed by atoms with E-state index in [1.165, 1.54) is 6.33 Å². The third-order valence-electron chi connectivity index (χ3n) is 4.68. The number of halogens is 1. The third kappa shape index (κ3) is 3.52. The zero-order chi connectivity index (χ0) is 19.0. The number of nitrogens with zero attached hydrogens (tertiary/aromatic N) is 6. The SMILES string of the molecule is CC(C)N1CCN(c2ccc(Nc3ncc(Br)n4ncnc34)cc2)C(=O)C1. The molecule has 0 saturated carbocycles. The van der Waals surface area contributed by atoms with Gasteiger partial charge in [0, 0.05) is 30.5 Å². The van der Waals surface area contributed by atoms with Crippen LogP contribution < -0.4 is 10.2 Å². The van der Waals surface area contributed by atoms with Crippen LogP contribution in [0.5, 0.6) is 0 Å². The lowest BCUT2D eigenvalue weighted by molar-refractivity contribution is -0.121. The summed E-state index contributed by atoms with van der Waals surface area (Å²) in [5, 5.41) is 7.41. The maximum Gasteiger partial charge on any atom is 0.241 e. The Morgan fingerprint density at radius 1 is 1.15 bits per heavy atom. The van der Waals surface area contributed by atoms with Crippen LogP contribution in [0, 0.1) is 0 Å². The van der Waals surface area contributed by atoms with E-state index in [0.29, 0.717) is 30.6 Å². The first-order valence-electron chi connectivity index (χ1n) is 8.78. The highest BCUT2D eigenvalue weighted by Gasteiger charge is 2.26. The zero-order valence-corrected chi connectivity index (χ0v) is 16.7. The summed E-state index contributed by atoms with van der Waals surface area (Å²) in [6.07, 6.45) is 3.16. The number of amides is 1. The van der Waals surface area contributed by atoms with E-state index in [-0.39, 0.29) is 5.91 Å². The lowest BCUT2D eigenvalue weighted by atomic mass is 10.2. The fourth-order valence-electron chi connectivity index (χ4n) is 3.14. The average molecular weight is 430 g/mol. The van der Waals surface area contributed by atoms with Gasteiger partial charge < -0.3 is 10.2 Å². The number of anilines is 3. The Morgan fingerprint density at radius 2 is 1.93 bits per heavy atom. The van der Waals surface area contributed by atoms with Crippen molar-refractivity contribution < 1.29 is 4.79 Å². The van der Waals surface area contributed by atoms with E-state index in [0.717, 1.165) is 22.5 Å². The van der Waals surface area contributed by atoms with Crippen molar-refractivity contribution in [3.63, 3.8) is 0 Å². The van der Waals surface area contributed by atoms with Crippen LogP contribution >= 0.6 is 15.9 Å². The molecule has 1 saturated heterocycles. The Labute approximate surface area is 165 Å². The molecule has 3 heterocycles. The summed E-state index contributed by atoms with van der Waals surface area (Å²) >= 11 is 3.40. The molecule has 140 valence electrons. The van der Waals surface area contributed by atoms with Gasteiger partial charge in [-0.1, -0.05) is 0 Å². The molecule has 3 aromatic rings. The molecule has 0 aliphatic carbocycles. The molecule has 0 spiro atoms. The lowest BCUT2D eigenvalue weighted by Crippen LogP contribution is -2.52. The molecular weight excluding hydrogens is 410 g/mol. The first-order chi connectivity index (χ1) is 13.0. The molecule has 0 atom stereocenters. The minimum absolute atomic E-state index is 0.135. The highest BCUT2D eigenvalue weighted by Crippen LogP contribution is 2.24. The zero-order valence-electron chi connectivity index (χ0n) is 15.1. The number of piperazine rings is 1. The summed E-state index contributed by atoms with van der Waals surface area (Å²) < 4.78 is 2.39. The van der Waals surface area contributed by atoms with Crippen LogP contribution in [-0.2, 0) is 4.79 Å². The maximum absolute atomic E-state index is 12.5. The molecule has 2 aromatic heterocycles. The van der Waals surface area contributed by atoms with Gasteiger partial charge in [0.25, 0.3) is 0 Å². The topological polar surface area (TPSA) is 78.7 Å². The second-order valence-corrected chi connectivity index (χ2v) is 7.52. The molecule has 1 aromatic carbocycles. The molecule has 1 amide bonds. The number of fused-ring (bicyclic) bond motifs is 1. The molecule has 0 unspecified atom stereocenters. The minimum atomic E-state index is 0.135. The van der Waals surface area contributed by atoms with Crippen molar-refractivity contribution in [2.45, 2.75) is 19.9 Å². The fraction of sp³-hybridized carbons (Fsp3) is 0.333.